The van der Waals surface area contributed by atoms with E-state index >= 15 is 0 Å². The van der Waals surface area contributed by atoms with E-state index in [2.05, 4.69) is 20.5 Å². The van der Waals surface area contributed by atoms with Crippen LogP contribution >= 0.6 is 11.6 Å². The fourth-order valence-corrected chi connectivity index (χ4v) is 4.13. The van der Waals surface area contributed by atoms with Gasteiger partial charge in [-0.1, -0.05) is 23.7 Å². The molecule has 0 spiro atoms. The highest BCUT2D eigenvalue weighted by Crippen LogP contribution is 2.34. The third-order valence-corrected chi connectivity index (χ3v) is 5.94. The van der Waals surface area contributed by atoms with Crippen LogP contribution in [0.4, 0.5) is 19.0 Å². The van der Waals surface area contributed by atoms with Crippen molar-refractivity contribution in [2.45, 2.75) is 19.0 Å². The summed E-state index contributed by atoms with van der Waals surface area (Å²) in [4.78, 5) is 18.7. The molecule has 172 valence electrons. The lowest BCUT2D eigenvalue weighted by Crippen LogP contribution is -2.30. The summed E-state index contributed by atoms with van der Waals surface area (Å²) in [5.41, 5.74) is 1.35. The van der Waals surface area contributed by atoms with Gasteiger partial charge in [0.1, 0.15) is 5.82 Å². The lowest BCUT2D eigenvalue weighted by Gasteiger charge is -2.19. The second-order valence-electron chi connectivity index (χ2n) is 8.02. The molecule has 0 aliphatic carbocycles. The fourth-order valence-electron chi connectivity index (χ4n) is 4.01. The highest BCUT2D eigenvalue weighted by molar-refractivity contribution is 6.30. The van der Waals surface area contributed by atoms with E-state index in [1.165, 1.54) is 12.3 Å². The van der Waals surface area contributed by atoms with E-state index in [0.29, 0.717) is 41.7 Å². The van der Waals surface area contributed by atoms with Gasteiger partial charge in [-0.3, -0.25) is 4.79 Å². The highest BCUT2D eigenvalue weighted by atomic mass is 35.5. The Morgan fingerprint density at radius 1 is 1.15 bits per heavy atom. The smallest absolute Gasteiger partial charge is 0.370 e. The van der Waals surface area contributed by atoms with Crippen LogP contribution in [0.1, 0.15) is 33.1 Å². The van der Waals surface area contributed by atoms with Gasteiger partial charge in [-0.05, 0) is 42.8 Å². The number of amides is 1. The summed E-state index contributed by atoms with van der Waals surface area (Å²) < 4.78 is 38.4. The van der Waals surface area contributed by atoms with E-state index < -0.39 is 11.7 Å². The molecule has 2 atom stereocenters. The lowest BCUT2D eigenvalue weighted by atomic mass is 9.89. The Balaban J connectivity index is 1.52. The number of benzene rings is 1. The van der Waals surface area contributed by atoms with Crippen LogP contribution in [0.2, 0.25) is 5.02 Å². The van der Waals surface area contributed by atoms with Gasteiger partial charge in [0, 0.05) is 42.7 Å². The molecular weight excluding hydrogens is 455 g/mol. The lowest BCUT2D eigenvalue weighted by molar-refractivity contribution is -0.137. The Bertz CT molecular complexity index is 1120. The van der Waals surface area contributed by atoms with Crippen molar-refractivity contribution < 1.29 is 18.0 Å². The minimum absolute atomic E-state index is 0.00936. The Labute approximate surface area is 193 Å². The Hall–Kier alpha value is -3.20. The van der Waals surface area contributed by atoms with Crippen molar-refractivity contribution in [1.82, 2.24) is 20.1 Å². The van der Waals surface area contributed by atoms with E-state index in [0.717, 1.165) is 17.8 Å². The number of rotatable bonds is 5. The molecule has 6 nitrogen and oxygen atoms in total. The number of pyridine rings is 1. The number of likely N-dealkylation sites (tertiary alicyclic amines) is 1. The topological polar surface area (TPSA) is 71.0 Å². The number of aromatic nitrogens is 3. The molecule has 33 heavy (non-hydrogen) atoms. The van der Waals surface area contributed by atoms with Crippen molar-refractivity contribution in [1.29, 1.82) is 0 Å². The number of nitrogens with one attached hydrogen (secondary N) is 1. The molecule has 0 radical (unpaired) electrons. The Morgan fingerprint density at radius 2 is 1.91 bits per heavy atom. The first kappa shape index (κ1) is 23.0. The predicted molar refractivity (Wildman–Crippen MR) is 118 cm³/mol. The van der Waals surface area contributed by atoms with Crippen molar-refractivity contribution >= 4 is 23.3 Å². The average Bonchev–Trinajstić information content (AvgIpc) is 3.21. The van der Waals surface area contributed by atoms with E-state index in [9.17, 15) is 18.0 Å². The number of alkyl halides is 3. The summed E-state index contributed by atoms with van der Waals surface area (Å²) >= 11 is 6.04. The van der Waals surface area contributed by atoms with Crippen LogP contribution in [-0.2, 0) is 6.18 Å². The molecule has 3 aromatic rings. The molecular formula is C23H21ClF3N5O. The zero-order chi connectivity index (χ0) is 23.6. The van der Waals surface area contributed by atoms with Gasteiger partial charge in [-0.2, -0.15) is 23.4 Å². The SMILES string of the molecule is Cc1cc(C(=O)N2CC(CNc3ccc(C(F)(F)F)cn3)C(c3ccc(Cl)cc3)C2)cnn1. The molecule has 1 aromatic carbocycles. The first-order chi connectivity index (χ1) is 15.7. The minimum atomic E-state index is -4.43. The quantitative estimate of drug-likeness (QED) is 0.573. The molecule has 2 aromatic heterocycles. The van der Waals surface area contributed by atoms with Crippen molar-refractivity contribution in [3.05, 3.63) is 82.3 Å². The number of nitrogens with zero attached hydrogens (tertiary/aromatic N) is 4. The van der Waals surface area contributed by atoms with Crippen LogP contribution in [0.25, 0.3) is 0 Å². The highest BCUT2D eigenvalue weighted by Gasteiger charge is 2.36. The molecule has 1 fully saturated rings. The second kappa shape index (κ2) is 9.35. The molecule has 3 heterocycles. The number of anilines is 1. The maximum atomic E-state index is 13.1. The van der Waals surface area contributed by atoms with Crippen molar-refractivity contribution in [3.8, 4) is 0 Å². The minimum Gasteiger partial charge on any atom is -0.370 e. The summed E-state index contributed by atoms with van der Waals surface area (Å²) in [6.07, 6.45) is -2.18. The van der Waals surface area contributed by atoms with Crippen molar-refractivity contribution in [3.63, 3.8) is 0 Å². The molecule has 1 saturated heterocycles. The zero-order valence-electron chi connectivity index (χ0n) is 17.7. The van der Waals surface area contributed by atoms with Crippen molar-refractivity contribution in [2.24, 2.45) is 5.92 Å². The van der Waals surface area contributed by atoms with Gasteiger partial charge in [-0.25, -0.2) is 4.98 Å². The van der Waals surface area contributed by atoms with E-state index in [4.69, 9.17) is 11.6 Å². The normalized spacial score (nSPS) is 18.4. The number of halogens is 4. The second-order valence-corrected chi connectivity index (χ2v) is 8.46. The van der Waals surface area contributed by atoms with Crippen LogP contribution in [0.15, 0.2) is 54.9 Å². The summed E-state index contributed by atoms with van der Waals surface area (Å²) in [7, 11) is 0. The van der Waals surface area contributed by atoms with Crippen LogP contribution in [0, 0.1) is 12.8 Å². The first-order valence-corrected chi connectivity index (χ1v) is 10.7. The maximum absolute atomic E-state index is 13.1. The van der Waals surface area contributed by atoms with Gasteiger partial charge in [0.15, 0.2) is 0 Å². The zero-order valence-corrected chi connectivity index (χ0v) is 18.4. The van der Waals surface area contributed by atoms with Crippen LogP contribution in [0.3, 0.4) is 0 Å². The number of carbonyl (C=O) groups is 1. The molecule has 10 heteroatoms. The van der Waals surface area contributed by atoms with Gasteiger partial charge in [0.2, 0.25) is 0 Å². The summed E-state index contributed by atoms with van der Waals surface area (Å²) in [6.45, 7) is 3.17. The molecule has 1 amide bonds. The Kier molecular flexibility index (Phi) is 6.51. The van der Waals surface area contributed by atoms with Crippen LogP contribution in [0.5, 0.6) is 0 Å². The first-order valence-electron chi connectivity index (χ1n) is 10.3. The standard InChI is InChI=1S/C23H21ClF3N5O/c1-14-8-16(10-30-31-14)22(33)32-12-17(20(13-32)15-2-5-19(24)6-3-15)9-28-21-7-4-18(11-29-21)23(25,26)27/h2-8,10-11,17,20H,9,12-13H2,1H3,(H,28,29). The van der Waals surface area contributed by atoms with Crippen LogP contribution < -0.4 is 5.32 Å². The molecule has 2 unspecified atom stereocenters. The molecule has 1 aliphatic rings. The summed E-state index contributed by atoms with van der Waals surface area (Å²) in [6, 6.07) is 11.5. The third kappa shape index (κ3) is 5.42. The van der Waals surface area contributed by atoms with Gasteiger partial charge in [0.05, 0.1) is 23.0 Å². The predicted octanol–water partition coefficient (Wildman–Crippen LogP) is 4.82. The van der Waals surface area contributed by atoms with Gasteiger partial charge in [0.25, 0.3) is 5.91 Å². The molecule has 4 rings (SSSR count). The third-order valence-electron chi connectivity index (χ3n) is 5.69. The van der Waals surface area contributed by atoms with E-state index in [-0.39, 0.29) is 17.7 Å². The Morgan fingerprint density at radius 3 is 2.55 bits per heavy atom. The van der Waals surface area contributed by atoms with Gasteiger partial charge in [-0.15, -0.1) is 0 Å². The average molecular weight is 476 g/mol. The van der Waals surface area contributed by atoms with Crippen molar-refractivity contribution in [2.75, 3.05) is 25.0 Å². The summed E-state index contributed by atoms with van der Waals surface area (Å²) in [5, 5.41) is 11.5. The number of hydrogen-bond donors (Lipinski definition) is 1. The van der Waals surface area contributed by atoms with Gasteiger partial charge < -0.3 is 10.2 Å². The number of carbonyl (C=O) groups excluding carboxylic acids is 1. The van der Waals surface area contributed by atoms with Gasteiger partial charge >= 0.3 is 6.18 Å². The number of hydrogen-bond acceptors (Lipinski definition) is 5. The fraction of sp³-hybridized carbons (Fsp3) is 0.304. The van der Waals surface area contributed by atoms with E-state index in [1.807, 2.05) is 12.1 Å². The summed E-state index contributed by atoms with van der Waals surface area (Å²) in [5.74, 6) is 0.234. The van der Waals surface area contributed by atoms with Crippen LogP contribution in [-0.4, -0.2) is 45.6 Å². The molecule has 0 saturated carbocycles. The largest absolute Gasteiger partial charge is 0.417 e. The maximum Gasteiger partial charge on any atom is 0.417 e. The molecule has 1 N–H and O–H groups in total. The molecule has 0 bridgehead atoms. The molecule has 1 aliphatic heterocycles. The number of aryl methyl sites for hydroxylation is 1. The monoisotopic (exact) mass is 475 g/mol. The van der Waals surface area contributed by atoms with E-state index in [1.54, 1.807) is 30.0 Å².